The first-order valence-electron chi connectivity index (χ1n) is 15.7. The Morgan fingerprint density at radius 1 is 0.750 bits per heavy atom. The normalized spacial score (nSPS) is 19.8. The molecule has 238 valence electrons. The van der Waals surface area contributed by atoms with Gasteiger partial charge in [0.05, 0.1) is 59.5 Å². The Hall–Kier alpha value is -0.850. The molecule has 4 unspecified atom stereocenters. The highest BCUT2D eigenvalue weighted by atomic mass is 16.6. The monoisotopic (exact) mass is 578 g/mol. The van der Waals surface area contributed by atoms with Crippen molar-refractivity contribution in [3.63, 3.8) is 0 Å². The minimum Gasteiger partial charge on any atom is -0.463 e. The van der Waals surface area contributed by atoms with E-state index in [1.807, 2.05) is 0 Å². The number of aliphatic hydroxyl groups is 3. The molecule has 0 spiro atoms. The SMILES string of the molecule is CCCCCCCCCCCCCCCC(=O)OCCOCC(OCCO)C1OCC(OCCO)C1OCCO. The number of hydrogen-bond acceptors (Lipinski definition) is 10. The van der Waals surface area contributed by atoms with Crippen molar-refractivity contribution in [2.24, 2.45) is 0 Å². The highest BCUT2D eigenvalue weighted by molar-refractivity contribution is 5.69. The topological polar surface area (TPSA) is 133 Å². The van der Waals surface area contributed by atoms with Crippen LogP contribution in [0.25, 0.3) is 0 Å². The van der Waals surface area contributed by atoms with E-state index in [0.29, 0.717) is 6.42 Å². The molecule has 4 atom stereocenters. The van der Waals surface area contributed by atoms with Crippen LogP contribution in [-0.4, -0.2) is 112 Å². The van der Waals surface area contributed by atoms with E-state index < -0.39 is 24.4 Å². The highest BCUT2D eigenvalue weighted by Gasteiger charge is 2.44. The van der Waals surface area contributed by atoms with Crippen LogP contribution in [-0.2, 0) is 33.2 Å². The predicted molar refractivity (Wildman–Crippen MR) is 152 cm³/mol. The second-order valence-electron chi connectivity index (χ2n) is 10.4. The fourth-order valence-electron chi connectivity index (χ4n) is 4.88. The number of carbonyl (C=O) groups is 1. The summed E-state index contributed by atoms with van der Waals surface area (Å²) in [6.07, 6.45) is 14.8. The average Bonchev–Trinajstić information content (AvgIpc) is 3.36. The van der Waals surface area contributed by atoms with E-state index in [2.05, 4.69) is 6.92 Å². The number of rotatable bonds is 29. The lowest BCUT2D eigenvalue weighted by Gasteiger charge is -2.29. The third-order valence-electron chi connectivity index (χ3n) is 7.01. The number of unbranched alkanes of at least 4 members (excludes halogenated alkanes) is 12. The van der Waals surface area contributed by atoms with Crippen molar-refractivity contribution in [3.05, 3.63) is 0 Å². The van der Waals surface area contributed by atoms with Crippen LogP contribution in [0.3, 0.4) is 0 Å². The number of aliphatic hydroxyl groups excluding tert-OH is 3. The minimum atomic E-state index is -0.555. The van der Waals surface area contributed by atoms with Crippen LogP contribution < -0.4 is 0 Å². The molecule has 0 bridgehead atoms. The number of carbonyl (C=O) groups excluding carboxylic acids is 1. The van der Waals surface area contributed by atoms with Crippen molar-refractivity contribution in [1.29, 1.82) is 0 Å². The molecular weight excluding hydrogens is 520 g/mol. The zero-order valence-corrected chi connectivity index (χ0v) is 25.0. The maximum absolute atomic E-state index is 12.0. The molecular formula is C30H58O10. The van der Waals surface area contributed by atoms with Gasteiger partial charge in [0.25, 0.3) is 0 Å². The molecule has 10 heteroatoms. The largest absolute Gasteiger partial charge is 0.463 e. The van der Waals surface area contributed by atoms with E-state index in [1.54, 1.807) is 0 Å². The van der Waals surface area contributed by atoms with Crippen LogP contribution in [0, 0.1) is 0 Å². The summed E-state index contributed by atoms with van der Waals surface area (Å²) < 4.78 is 34.0. The number of esters is 1. The summed E-state index contributed by atoms with van der Waals surface area (Å²) in [5, 5.41) is 27.5. The summed E-state index contributed by atoms with van der Waals surface area (Å²) in [7, 11) is 0. The first kappa shape index (κ1) is 37.2. The van der Waals surface area contributed by atoms with Gasteiger partial charge in [0.15, 0.2) is 0 Å². The lowest BCUT2D eigenvalue weighted by atomic mass is 10.0. The van der Waals surface area contributed by atoms with Crippen LogP contribution in [0.1, 0.15) is 96.8 Å². The molecule has 0 aliphatic carbocycles. The second kappa shape index (κ2) is 27.0. The van der Waals surface area contributed by atoms with E-state index in [1.165, 1.54) is 70.6 Å². The van der Waals surface area contributed by atoms with E-state index >= 15 is 0 Å². The summed E-state index contributed by atoms with van der Waals surface area (Å²) in [6, 6.07) is 0. The molecule has 10 nitrogen and oxygen atoms in total. The summed E-state index contributed by atoms with van der Waals surface area (Å²) >= 11 is 0. The van der Waals surface area contributed by atoms with E-state index in [0.717, 1.165) is 12.8 Å². The van der Waals surface area contributed by atoms with Gasteiger partial charge in [-0.1, -0.05) is 84.0 Å². The van der Waals surface area contributed by atoms with Crippen molar-refractivity contribution in [2.75, 3.05) is 66.1 Å². The van der Waals surface area contributed by atoms with Crippen LogP contribution in [0.2, 0.25) is 0 Å². The molecule has 0 amide bonds. The van der Waals surface area contributed by atoms with Crippen molar-refractivity contribution in [3.8, 4) is 0 Å². The maximum atomic E-state index is 12.0. The number of ether oxygens (including phenoxy) is 6. The molecule has 1 aliphatic heterocycles. The smallest absolute Gasteiger partial charge is 0.305 e. The van der Waals surface area contributed by atoms with Gasteiger partial charge in [0.2, 0.25) is 0 Å². The van der Waals surface area contributed by atoms with Crippen molar-refractivity contribution in [1.82, 2.24) is 0 Å². The van der Waals surface area contributed by atoms with Crippen LogP contribution in [0.4, 0.5) is 0 Å². The van der Waals surface area contributed by atoms with Gasteiger partial charge in [-0.3, -0.25) is 4.79 Å². The van der Waals surface area contributed by atoms with Gasteiger partial charge in [-0.05, 0) is 6.42 Å². The van der Waals surface area contributed by atoms with Crippen LogP contribution in [0.5, 0.6) is 0 Å². The van der Waals surface area contributed by atoms with E-state index in [4.69, 9.17) is 33.5 Å². The van der Waals surface area contributed by atoms with Gasteiger partial charge >= 0.3 is 5.97 Å². The Labute approximate surface area is 242 Å². The highest BCUT2D eigenvalue weighted by Crippen LogP contribution is 2.25. The Kier molecular flexibility index (Phi) is 25.1. The molecule has 0 aromatic rings. The summed E-state index contributed by atoms with van der Waals surface area (Å²) in [6.45, 7) is 2.91. The molecule has 3 N–H and O–H groups in total. The lowest BCUT2D eigenvalue weighted by molar-refractivity contribution is -0.149. The van der Waals surface area contributed by atoms with Gasteiger partial charge < -0.3 is 43.7 Å². The van der Waals surface area contributed by atoms with Crippen LogP contribution in [0.15, 0.2) is 0 Å². The summed E-state index contributed by atoms with van der Waals surface area (Å²) in [5.41, 5.74) is 0. The van der Waals surface area contributed by atoms with Gasteiger partial charge in [0, 0.05) is 6.42 Å². The second-order valence-corrected chi connectivity index (χ2v) is 10.4. The molecule has 1 saturated heterocycles. The van der Waals surface area contributed by atoms with Crippen molar-refractivity contribution >= 4 is 5.97 Å². The van der Waals surface area contributed by atoms with Gasteiger partial charge in [-0.2, -0.15) is 0 Å². The minimum absolute atomic E-state index is 0.0941. The Morgan fingerprint density at radius 3 is 1.93 bits per heavy atom. The number of hydrogen-bond donors (Lipinski definition) is 3. The van der Waals surface area contributed by atoms with E-state index in [9.17, 15) is 15.0 Å². The molecule has 0 aromatic heterocycles. The average molecular weight is 579 g/mol. The zero-order valence-electron chi connectivity index (χ0n) is 25.0. The first-order valence-corrected chi connectivity index (χ1v) is 15.7. The van der Waals surface area contributed by atoms with Gasteiger partial charge in [0.1, 0.15) is 31.0 Å². The molecule has 1 fully saturated rings. The third kappa shape index (κ3) is 18.6. The van der Waals surface area contributed by atoms with E-state index in [-0.39, 0.29) is 72.0 Å². The molecule has 1 heterocycles. The first-order chi connectivity index (χ1) is 19.7. The van der Waals surface area contributed by atoms with Gasteiger partial charge in [-0.25, -0.2) is 0 Å². The summed E-state index contributed by atoms with van der Waals surface area (Å²) in [4.78, 5) is 12.0. The molecule has 1 aliphatic rings. The predicted octanol–water partition coefficient (Wildman–Crippen LogP) is 3.56. The molecule has 1 rings (SSSR count). The van der Waals surface area contributed by atoms with Gasteiger partial charge in [-0.15, -0.1) is 0 Å². The quantitative estimate of drug-likeness (QED) is 0.0894. The fraction of sp³-hybridized carbons (Fsp3) is 0.967. The molecule has 0 aromatic carbocycles. The Morgan fingerprint density at radius 2 is 1.32 bits per heavy atom. The Balaban J connectivity index is 2.15. The molecule has 40 heavy (non-hydrogen) atoms. The lowest BCUT2D eigenvalue weighted by Crippen LogP contribution is -2.45. The van der Waals surface area contributed by atoms with Crippen molar-refractivity contribution < 1.29 is 48.5 Å². The molecule has 0 saturated carbocycles. The standard InChI is InChI=1S/C30H58O10/c1-2-3-4-5-6-7-8-9-10-11-12-13-14-15-28(34)38-23-22-35-24-26(36-19-16-31)30-29(39-21-18-33)27(25-40-30)37-20-17-32/h26-27,29-33H,2-25H2,1H3. The van der Waals surface area contributed by atoms with Crippen LogP contribution >= 0.6 is 0 Å². The fourth-order valence-corrected chi connectivity index (χ4v) is 4.88. The third-order valence-corrected chi connectivity index (χ3v) is 7.01. The Bertz CT molecular complexity index is 565. The molecule has 0 radical (unpaired) electrons. The summed E-state index contributed by atoms with van der Waals surface area (Å²) in [5.74, 6) is -0.208. The zero-order chi connectivity index (χ0) is 29.1. The van der Waals surface area contributed by atoms with Crippen molar-refractivity contribution in [2.45, 2.75) is 121 Å². The maximum Gasteiger partial charge on any atom is 0.305 e.